The van der Waals surface area contributed by atoms with E-state index < -0.39 is 45.6 Å². The van der Waals surface area contributed by atoms with Crippen molar-refractivity contribution >= 4 is 18.7 Å². The molecule has 5 atom stereocenters. The zero-order chi connectivity index (χ0) is 30.3. The minimum absolute atomic E-state index is 0.262. The molecule has 0 radical (unpaired) electrons. The van der Waals surface area contributed by atoms with E-state index in [0.29, 0.717) is 0 Å². The van der Waals surface area contributed by atoms with Gasteiger partial charge in [-0.15, -0.1) is 0 Å². The second-order valence-corrected chi connectivity index (χ2v) is 16.3. The number of hydrogen-bond donors (Lipinski definition) is 2. The fourth-order valence-corrected chi connectivity index (χ4v) is 10.5. The molecule has 4 aromatic carbocycles. The monoisotopic (exact) mass is 598 g/mol. The van der Waals surface area contributed by atoms with Crippen LogP contribution in [0.1, 0.15) is 31.9 Å². The van der Waals surface area contributed by atoms with Crippen molar-refractivity contribution in [1.82, 2.24) is 0 Å². The van der Waals surface area contributed by atoms with Crippen LogP contribution in [-0.2, 0) is 31.9 Å². The van der Waals surface area contributed by atoms with Gasteiger partial charge in [0.2, 0.25) is 0 Å². The first-order chi connectivity index (χ1) is 20.8. The van der Waals surface area contributed by atoms with Gasteiger partial charge in [-0.3, -0.25) is 0 Å². The molecule has 6 nitrogen and oxygen atoms in total. The predicted molar refractivity (Wildman–Crippen MR) is 170 cm³/mol. The van der Waals surface area contributed by atoms with Gasteiger partial charge in [-0.05, 0) is 26.5 Å². The molecule has 0 saturated carbocycles. The SMILES string of the molecule is CC(C)(C)[Si](O[C@@H]1OC(CO)[C@H](O)[C@H](OCc2ccccc2)C1OCc1ccccc1)(c1ccccc1)c1ccccc1. The summed E-state index contributed by atoms with van der Waals surface area (Å²) < 4.78 is 26.8. The van der Waals surface area contributed by atoms with Gasteiger partial charge in [0.15, 0.2) is 6.29 Å². The lowest BCUT2D eigenvalue weighted by molar-refractivity contribution is -0.301. The molecular weight excluding hydrogens is 556 g/mol. The average molecular weight is 599 g/mol. The Hall–Kier alpha value is -3.14. The van der Waals surface area contributed by atoms with Crippen LogP contribution in [0.25, 0.3) is 0 Å². The van der Waals surface area contributed by atoms with Crippen molar-refractivity contribution in [3.8, 4) is 0 Å². The van der Waals surface area contributed by atoms with Gasteiger partial charge in [0.05, 0.1) is 19.8 Å². The highest BCUT2D eigenvalue weighted by Gasteiger charge is 2.56. The molecule has 2 N–H and O–H groups in total. The smallest absolute Gasteiger partial charge is 0.264 e. The number of rotatable bonds is 11. The largest absolute Gasteiger partial charge is 0.394 e. The lowest BCUT2D eigenvalue weighted by Gasteiger charge is -2.50. The van der Waals surface area contributed by atoms with Crippen LogP contribution < -0.4 is 10.4 Å². The highest BCUT2D eigenvalue weighted by molar-refractivity contribution is 6.99. The highest BCUT2D eigenvalue weighted by Crippen LogP contribution is 2.40. The van der Waals surface area contributed by atoms with E-state index in [1.807, 2.05) is 97.1 Å². The van der Waals surface area contributed by atoms with E-state index in [0.717, 1.165) is 21.5 Å². The number of aliphatic hydroxyl groups is 2. The fraction of sp³-hybridized carbons (Fsp3) is 0.333. The summed E-state index contributed by atoms with van der Waals surface area (Å²) in [5, 5.41) is 23.6. The van der Waals surface area contributed by atoms with Gasteiger partial charge in [0.1, 0.15) is 24.4 Å². The molecule has 0 amide bonds. The van der Waals surface area contributed by atoms with E-state index >= 15 is 0 Å². The first-order valence-electron chi connectivity index (χ1n) is 14.9. The van der Waals surface area contributed by atoms with E-state index in [4.69, 9.17) is 18.6 Å². The van der Waals surface area contributed by atoms with Gasteiger partial charge in [0, 0.05) is 0 Å². The van der Waals surface area contributed by atoms with Gasteiger partial charge in [0.25, 0.3) is 8.32 Å². The molecule has 0 spiro atoms. The number of ether oxygens (including phenoxy) is 3. The Bertz CT molecular complexity index is 1340. The second-order valence-electron chi connectivity index (χ2n) is 12.0. The average Bonchev–Trinajstić information content (AvgIpc) is 3.04. The van der Waals surface area contributed by atoms with Crippen LogP contribution in [0, 0.1) is 0 Å². The van der Waals surface area contributed by atoms with Crippen molar-refractivity contribution < 1.29 is 28.8 Å². The zero-order valence-electron chi connectivity index (χ0n) is 25.1. The molecule has 43 heavy (non-hydrogen) atoms. The van der Waals surface area contributed by atoms with Gasteiger partial charge >= 0.3 is 0 Å². The van der Waals surface area contributed by atoms with Crippen molar-refractivity contribution in [3.05, 3.63) is 132 Å². The third kappa shape index (κ3) is 7.00. The maximum Gasteiger partial charge on any atom is 0.264 e. The standard InChI is InChI=1S/C36H42O6Si/c1-36(2,3)43(29-20-12-6-13-21-29,30-22-14-7-15-23-30)42-35-34(40-26-28-18-10-5-11-19-28)33(32(38)31(24-37)41-35)39-25-27-16-8-4-9-17-27/h4-23,31-35,37-38H,24-26H2,1-3H3/t31?,32-,33-,34?,35-/m0/s1. The normalized spacial score (nSPS) is 22.8. The Morgan fingerprint density at radius 2 is 1.07 bits per heavy atom. The molecule has 1 fully saturated rings. The number of aliphatic hydroxyl groups excluding tert-OH is 2. The molecule has 1 aliphatic heterocycles. The van der Waals surface area contributed by atoms with Crippen molar-refractivity contribution in [3.63, 3.8) is 0 Å². The molecule has 2 unspecified atom stereocenters. The molecule has 0 bridgehead atoms. The molecule has 5 rings (SSSR count). The van der Waals surface area contributed by atoms with Crippen LogP contribution in [-0.4, -0.2) is 55.8 Å². The molecule has 1 aliphatic rings. The quantitative estimate of drug-likeness (QED) is 0.241. The van der Waals surface area contributed by atoms with Crippen molar-refractivity contribution in [2.45, 2.75) is 69.7 Å². The van der Waals surface area contributed by atoms with E-state index in [-0.39, 0.29) is 18.3 Å². The van der Waals surface area contributed by atoms with Gasteiger partial charge in [-0.2, -0.15) is 0 Å². The Kier molecular flexibility index (Phi) is 10.3. The summed E-state index contributed by atoms with van der Waals surface area (Å²) in [7, 11) is -3.09. The summed E-state index contributed by atoms with van der Waals surface area (Å²) in [6, 6.07) is 40.3. The fourth-order valence-electron chi connectivity index (χ4n) is 5.90. The highest BCUT2D eigenvalue weighted by atomic mass is 28.4. The predicted octanol–water partition coefficient (Wildman–Crippen LogP) is 4.81. The van der Waals surface area contributed by atoms with Gasteiger partial charge in [-0.25, -0.2) is 0 Å². The van der Waals surface area contributed by atoms with Crippen LogP contribution in [0.2, 0.25) is 5.04 Å². The van der Waals surface area contributed by atoms with Gasteiger partial charge < -0.3 is 28.8 Å². The minimum Gasteiger partial charge on any atom is -0.394 e. The Balaban J connectivity index is 1.58. The minimum atomic E-state index is -3.09. The maximum atomic E-state index is 11.5. The molecule has 7 heteroatoms. The Labute approximate surface area is 256 Å². The number of hydrogen-bond acceptors (Lipinski definition) is 6. The van der Waals surface area contributed by atoms with Crippen LogP contribution in [0.3, 0.4) is 0 Å². The molecule has 1 heterocycles. The summed E-state index contributed by atoms with van der Waals surface area (Å²) in [5.74, 6) is 0. The molecule has 0 aliphatic carbocycles. The van der Waals surface area contributed by atoms with Crippen LogP contribution in [0.15, 0.2) is 121 Å². The molecular formula is C36H42O6Si. The van der Waals surface area contributed by atoms with E-state index in [1.165, 1.54) is 0 Å². The second kappa shape index (κ2) is 14.1. The van der Waals surface area contributed by atoms with E-state index in [2.05, 4.69) is 45.0 Å². The third-order valence-electron chi connectivity index (χ3n) is 8.08. The molecule has 226 valence electrons. The summed E-state index contributed by atoms with van der Waals surface area (Å²) >= 11 is 0. The Morgan fingerprint density at radius 3 is 1.49 bits per heavy atom. The van der Waals surface area contributed by atoms with Gasteiger partial charge in [-0.1, -0.05) is 142 Å². The zero-order valence-corrected chi connectivity index (χ0v) is 26.1. The first-order valence-corrected chi connectivity index (χ1v) is 16.8. The lowest BCUT2D eigenvalue weighted by atomic mass is 9.98. The van der Waals surface area contributed by atoms with Crippen molar-refractivity contribution in [1.29, 1.82) is 0 Å². The lowest BCUT2D eigenvalue weighted by Crippen LogP contribution is -2.71. The summed E-state index contributed by atoms with van der Waals surface area (Å²) in [5.41, 5.74) is 1.94. The Morgan fingerprint density at radius 1 is 0.651 bits per heavy atom. The van der Waals surface area contributed by atoms with Crippen molar-refractivity contribution in [2.75, 3.05) is 6.61 Å². The first kappa shape index (κ1) is 31.3. The summed E-state index contributed by atoms with van der Waals surface area (Å²) in [6.07, 6.45) is -4.59. The topological polar surface area (TPSA) is 77.4 Å². The maximum absolute atomic E-state index is 11.5. The molecule has 1 saturated heterocycles. The molecule has 4 aromatic rings. The van der Waals surface area contributed by atoms with Crippen LogP contribution >= 0.6 is 0 Å². The van der Waals surface area contributed by atoms with Crippen molar-refractivity contribution in [2.24, 2.45) is 0 Å². The van der Waals surface area contributed by atoms with Crippen LogP contribution in [0.4, 0.5) is 0 Å². The summed E-state index contributed by atoms with van der Waals surface area (Å²) in [6.45, 7) is 6.74. The summed E-state index contributed by atoms with van der Waals surface area (Å²) in [4.78, 5) is 0. The third-order valence-corrected chi connectivity index (χ3v) is 13.1. The van der Waals surface area contributed by atoms with Crippen LogP contribution in [0.5, 0.6) is 0 Å². The van der Waals surface area contributed by atoms with E-state index in [9.17, 15) is 10.2 Å². The number of benzene rings is 4. The molecule has 0 aromatic heterocycles. The van der Waals surface area contributed by atoms with E-state index in [1.54, 1.807) is 0 Å².